The zero-order chi connectivity index (χ0) is 25.0. The molecule has 3 heterocycles. The number of aliphatic hydroxyl groups is 2. The second-order valence-corrected chi connectivity index (χ2v) is 9.79. The van der Waals surface area contributed by atoms with Crippen molar-refractivity contribution < 1.29 is 19.7 Å². The van der Waals surface area contributed by atoms with Gasteiger partial charge in [0.1, 0.15) is 11.3 Å². The van der Waals surface area contributed by atoms with E-state index in [1.54, 1.807) is 13.4 Å². The number of hydrogen-bond acceptors (Lipinski definition) is 7. The predicted molar refractivity (Wildman–Crippen MR) is 137 cm³/mol. The Morgan fingerprint density at radius 3 is 2.67 bits per heavy atom. The van der Waals surface area contributed by atoms with Gasteiger partial charge in [-0.25, -0.2) is 4.98 Å². The number of piperazine rings is 1. The van der Waals surface area contributed by atoms with Gasteiger partial charge in [0.2, 0.25) is 0 Å². The van der Waals surface area contributed by atoms with E-state index in [4.69, 9.17) is 14.5 Å². The zero-order valence-electron chi connectivity index (χ0n) is 20.8. The first-order valence-corrected chi connectivity index (χ1v) is 12.7. The van der Waals surface area contributed by atoms with E-state index >= 15 is 0 Å². The van der Waals surface area contributed by atoms with Crippen molar-refractivity contribution in [1.29, 1.82) is 0 Å². The molecule has 2 aliphatic heterocycles. The summed E-state index contributed by atoms with van der Waals surface area (Å²) < 4.78 is 13.2. The molecule has 8 heteroatoms. The van der Waals surface area contributed by atoms with Crippen LogP contribution in [0.2, 0.25) is 0 Å². The molecule has 0 radical (unpaired) electrons. The molecular formula is C28H36N4O4. The summed E-state index contributed by atoms with van der Waals surface area (Å²) in [4.78, 5) is 6.89. The van der Waals surface area contributed by atoms with E-state index in [-0.39, 0.29) is 12.6 Å². The lowest BCUT2D eigenvalue weighted by Gasteiger charge is -2.41. The maximum absolute atomic E-state index is 11.8. The molecule has 3 aromatic rings. The molecule has 0 amide bonds. The van der Waals surface area contributed by atoms with Gasteiger partial charge in [0.15, 0.2) is 6.23 Å². The minimum atomic E-state index is -1.09. The molecule has 5 rings (SSSR count). The van der Waals surface area contributed by atoms with Crippen LogP contribution in [-0.2, 0) is 15.9 Å². The summed E-state index contributed by atoms with van der Waals surface area (Å²) in [6.45, 7) is 3.31. The molecule has 2 saturated heterocycles. The number of nitrogens with zero attached hydrogens (tertiary/aromatic N) is 3. The highest BCUT2D eigenvalue weighted by Gasteiger charge is 2.43. The topological polar surface area (TPSA) is 92.0 Å². The highest BCUT2D eigenvalue weighted by atomic mass is 16.5. The van der Waals surface area contributed by atoms with Gasteiger partial charge in [0.05, 0.1) is 31.3 Å². The predicted octanol–water partition coefficient (Wildman–Crippen LogP) is 2.40. The fourth-order valence-electron chi connectivity index (χ4n) is 5.55. The monoisotopic (exact) mass is 492 g/mol. The van der Waals surface area contributed by atoms with Crippen LogP contribution in [0.3, 0.4) is 0 Å². The number of aromatic nitrogens is 2. The van der Waals surface area contributed by atoms with Gasteiger partial charge in [-0.05, 0) is 12.0 Å². The first-order chi connectivity index (χ1) is 17.6. The average molecular weight is 493 g/mol. The Morgan fingerprint density at radius 1 is 1.17 bits per heavy atom. The van der Waals surface area contributed by atoms with Gasteiger partial charge in [-0.15, -0.1) is 0 Å². The average Bonchev–Trinajstić information content (AvgIpc) is 3.35. The van der Waals surface area contributed by atoms with Gasteiger partial charge in [-0.3, -0.25) is 4.90 Å². The Labute approximate surface area is 212 Å². The summed E-state index contributed by atoms with van der Waals surface area (Å²) in [5, 5.41) is 26.8. The Hall–Kier alpha value is -2.59. The van der Waals surface area contributed by atoms with Crippen LogP contribution in [-0.4, -0.2) is 82.9 Å². The lowest BCUT2D eigenvalue weighted by atomic mass is 9.89. The van der Waals surface area contributed by atoms with Crippen LogP contribution in [0, 0.1) is 0 Å². The molecular weight excluding hydrogens is 456 g/mol. The minimum absolute atomic E-state index is 0.119. The number of imidazole rings is 1. The quantitative estimate of drug-likeness (QED) is 0.445. The summed E-state index contributed by atoms with van der Waals surface area (Å²) in [6, 6.07) is 20.1. The number of nitrogens with one attached hydrogen (secondary N) is 1. The fourth-order valence-corrected chi connectivity index (χ4v) is 5.55. The molecule has 0 bridgehead atoms. The summed E-state index contributed by atoms with van der Waals surface area (Å²) in [5.74, 6) is 0. The fraction of sp³-hybridized carbons (Fsp3) is 0.464. The third-order valence-corrected chi connectivity index (χ3v) is 7.44. The number of aliphatic hydroxyl groups excluding tert-OH is 1. The molecule has 192 valence electrons. The second kappa shape index (κ2) is 11.2. The number of ether oxygens (including phenoxy) is 2. The third-order valence-electron chi connectivity index (χ3n) is 7.44. The first kappa shape index (κ1) is 25.1. The largest absolute Gasteiger partial charge is 0.385 e. The van der Waals surface area contributed by atoms with Crippen LogP contribution in [0.15, 0.2) is 67.0 Å². The number of rotatable bonds is 8. The molecule has 3 N–H and O–H groups in total. The Bertz CT molecular complexity index is 1110. The molecule has 0 aliphatic carbocycles. The van der Waals surface area contributed by atoms with E-state index in [9.17, 15) is 10.2 Å². The third kappa shape index (κ3) is 5.11. The van der Waals surface area contributed by atoms with Crippen LogP contribution < -0.4 is 5.32 Å². The van der Waals surface area contributed by atoms with Crippen molar-refractivity contribution in [2.75, 3.05) is 46.6 Å². The summed E-state index contributed by atoms with van der Waals surface area (Å²) >= 11 is 0. The van der Waals surface area contributed by atoms with Crippen molar-refractivity contribution in [3.63, 3.8) is 0 Å². The smallest absolute Gasteiger partial charge is 0.153 e. The van der Waals surface area contributed by atoms with E-state index in [1.165, 1.54) is 5.56 Å². The Morgan fingerprint density at radius 2 is 1.92 bits per heavy atom. The minimum Gasteiger partial charge on any atom is -0.385 e. The summed E-state index contributed by atoms with van der Waals surface area (Å²) in [7, 11) is 1.60. The van der Waals surface area contributed by atoms with E-state index < -0.39 is 17.9 Å². The van der Waals surface area contributed by atoms with Crippen molar-refractivity contribution >= 4 is 0 Å². The normalized spacial score (nSPS) is 26.1. The lowest BCUT2D eigenvalue weighted by Crippen LogP contribution is -2.53. The molecule has 1 unspecified atom stereocenters. The van der Waals surface area contributed by atoms with Crippen molar-refractivity contribution in [1.82, 2.24) is 19.8 Å². The standard InChI is InChI=1S/C28H36N4O4/c1-35-19-28(34)12-15-36-18-24(28)32-20-30-25(26(32)22-10-6-3-7-11-22)27(33)31-14-13-29-17-23(31)16-21-8-4-2-5-9-21/h2-11,20,23-24,27,29,33-34H,12-19H2,1H3/t23-,24+,27?,28+/m1/s1. The molecule has 0 saturated carbocycles. The molecule has 0 spiro atoms. The van der Waals surface area contributed by atoms with E-state index in [0.717, 1.165) is 30.8 Å². The lowest BCUT2D eigenvalue weighted by molar-refractivity contribution is -0.134. The van der Waals surface area contributed by atoms with Gasteiger partial charge in [-0.1, -0.05) is 60.7 Å². The molecule has 36 heavy (non-hydrogen) atoms. The zero-order valence-corrected chi connectivity index (χ0v) is 20.8. The molecule has 1 aromatic heterocycles. The van der Waals surface area contributed by atoms with Gasteiger partial charge in [-0.2, -0.15) is 0 Å². The SMILES string of the molecule is COC[C@@]1(O)CCOC[C@@H]1n1cnc(C(O)N2CCNC[C@H]2Cc2ccccc2)c1-c1ccccc1. The second-order valence-electron chi connectivity index (χ2n) is 9.79. The Kier molecular flexibility index (Phi) is 7.81. The van der Waals surface area contributed by atoms with E-state index in [2.05, 4.69) is 34.5 Å². The highest BCUT2D eigenvalue weighted by molar-refractivity contribution is 5.63. The van der Waals surface area contributed by atoms with Gasteiger partial charge < -0.3 is 29.6 Å². The molecule has 2 fully saturated rings. The maximum atomic E-state index is 11.8. The number of methoxy groups -OCH3 is 1. The van der Waals surface area contributed by atoms with E-state index in [0.29, 0.717) is 31.9 Å². The van der Waals surface area contributed by atoms with Crippen molar-refractivity contribution in [3.8, 4) is 11.3 Å². The number of benzene rings is 2. The van der Waals surface area contributed by atoms with Gasteiger partial charge >= 0.3 is 0 Å². The molecule has 4 atom stereocenters. The van der Waals surface area contributed by atoms with Crippen LogP contribution in [0.25, 0.3) is 11.3 Å². The van der Waals surface area contributed by atoms with Crippen molar-refractivity contribution in [2.45, 2.75) is 36.8 Å². The summed E-state index contributed by atoms with van der Waals surface area (Å²) in [6.07, 6.45) is 2.13. The summed E-state index contributed by atoms with van der Waals surface area (Å²) in [5.41, 5.74) is 2.46. The van der Waals surface area contributed by atoms with Crippen molar-refractivity contribution in [3.05, 3.63) is 78.2 Å². The van der Waals surface area contributed by atoms with Crippen LogP contribution in [0.5, 0.6) is 0 Å². The maximum Gasteiger partial charge on any atom is 0.153 e. The van der Waals surface area contributed by atoms with Crippen LogP contribution in [0.1, 0.15) is 29.9 Å². The van der Waals surface area contributed by atoms with Crippen LogP contribution >= 0.6 is 0 Å². The Balaban J connectivity index is 1.52. The van der Waals surface area contributed by atoms with Crippen molar-refractivity contribution in [2.24, 2.45) is 0 Å². The highest BCUT2D eigenvalue weighted by Crippen LogP contribution is 2.38. The molecule has 8 nitrogen and oxygen atoms in total. The number of hydrogen-bond donors (Lipinski definition) is 3. The molecule has 2 aliphatic rings. The van der Waals surface area contributed by atoms with E-state index in [1.807, 2.05) is 41.0 Å². The van der Waals surface area contributed by atoms with Gasteiger partial charge in [0.25, 0.3) is 0 Å². The molecule has 2 aromatic carbocycles. The first-order valence-electron chi connectivity index (χ1n) is 12.7. The van der Waals surface area contributed by atoms with Gasteiger partial charge in [0, 0.05) is 51.4 Å². The van der Waals surface area contributed by atoms with Crippen LogP contribution in [0.4, 0.5) is 0 Å².